The lowest BCUT2D eigenvalue weighted by Gasteiger charge is -2.34. The molecular weight excluding hydrogens is 460 g/mol. The zero-order valence-corrected chi connectivity index (χ0v) is 20.9. The van der Waals surface area contributed by atoms with E-state index < -0.39 is 10.0 Å². The Labute approximate surface area is 208 Å². The Hall–Kier alpha value is -3.16. The predicted octanol–water partition coefficient (Wildman–Crippen LogP) is 4.72. The molecule has 3 aromatic rings. The van der Waals surface area contributed by atoms with E-state index in [-0.39, 0.29) is 23.3 Å². The van der Waals surface area contributed by atoms with Crippen LogP contribution in [0.15, 0.2) is 89.8 Å². The number of benzene rings is 3. The fourth-order valence-corrected chi connectivity index (χ4v) is 5.99. The van der Waals surface area contributed by atoms with Gasteiger partial charge in [0.1, 0.15) is 5.75 Å². The van der Waals surface area contributed by atoms with Gasteiger partial charge in [0.15, 0.2) is 0 Å². The number of carbonyl (C=O) groups excluding carboxylic acids is 1. The highest BCUT2D eigenvalue weighted by Crippen LogP contribution is 2.27. The van der Waals surface area contributed by atoms with Gasteiger partial charge in [0.2, 0.25) is 15.9 Å². The third-order valence-electron chi connectivity index (χ3n) is 6.25. The first-order valence-electron chi connectivity index (χ1n) is 12.1. The summed E-state index contributed by atoms with van der Waals surface area (Å²) in [4.78, 5) is 15.8. The van der Waals surface area contributed by atoms with E-state index in [2.05, 4.69) is 0 Å². The van der Waals surface area contributed by atoms with Crippen LogP contribution in [-0.2, 0) is 27.9 Å². The van der Waals surface area contributed by atoms with Crippen LogP contribution in [0.4, 0.5) is 0 Å². The topological polar surface area (TPSA) is 66.9 Å². The third kappa shape index (κ3) is 6.29. The first kappa shape index (κ1) is 24.9. The van der Waals surface area contributed by atoms with Crippen molar-refractivity contribution in [2.24, 2.45) is 5.92 Å². The zero-order chi connectivity index (χ0) is 24.7. The van der Waals surface area contributed by atoms with Gasteiger partial charge in [-0.1, -0.05) is 60.7 Å². The average Bonchev–Trinajstić information content (AvgIpc) is 2.90. The SMILES string of the molecule is CCOc1ccc(S(=O)(=O)N2CCC[C@H](C(=O)N(Cc3ccccc3)Cc3ccccc3)C2)cc1. The molecular formula is C28H32N2O4S. The average molecular weight is 493 g/mol. The van der Waals surface area contributed by atoms with Gasteiger partial charge in [0, 0.05) is 26.2 Å². The van der Waals surface area contributed by atoms with Crippen LogP contribution in [-0.4, -0.2) is 43.2 Å². The molecule has 1 aliphatic heterocycles. The lowest BCUT2D eigenvalue weighted by Crippen LogP contribution is -2.46. The zero-order valence-electron chi connectivity index (χ0n) is 20.0. The van der Waals surface area contributed by atoms with E-state index in [0.717, 1.165) is 11.1 Å². The smallest absolute Gasteiger partial charge is 0.243 e. The van der Waals surface area contributed by atoms with Crippen LogP contribution in [0.1, 0.15) is 30.9 Å². The van der Waals surface area contributed by atoms with Crippen molar-refractivity contribution in [2.75, 3.05) is 19.7 Å². The van der Waals surface area contributed by atoms with Crippen LogP contribution >= 0.6 is 0 Å². The van der Waals surface area contributed by atoms with Gasteiger partial charge in [-0.15, -0.1) is 0 Å². The normalized spacial score (nSPS) is 16.5. The predicted molar refractivity (Wildman–Crippen MR) is 136 cm³/mol. The summed E-state index contributed by atoms with van der Waals surface area (Å²) < 4.78 is 33.6. The molecule has 0 aromatic heterocycles. The van der Waals surface area contributed by atoms with Gasteiger partial charge in [0.05, 0.1) is 17.4 Å². The fraction of sp³-hybridized carbons (Fsp3) is 0.321. The molecule has 3 aromatic carbocycles. The van der Waals surface area contributed by atoms with Crippen LogP contribution in [0.25, 0.3) is 0 Å². The van der Waals surface area contributed by atoms with Gasteiger partial charge in [0.25, 0.3) is 0 Å². The first-order valence-corrected chi connectivity index (χ1v) is 13.5. The summed E-state index contributed by atoms with van der Waals surface area (Å²) in [5.41, 5.74) is 2.10. The lowest BCUT2D eigenvalue weighted by molar-refractivity contribution is -0.138. The number of rotatable bonds is 9. The van der Waals surface area contributed by atoms with Gasteiger partial charge in [-0.05, 0) is 55.2 Å². The van der Waals surface area contributed by atoms with Gasteiger partial charge in [-0.3, -0.25) is 4.79 Å². The van der Waals surface area contributed by atoms with Crippen molar-refractivity contribution in [3.05, 3.63) is 96.1 Å². The standard InChI is InChI=1S/C28H32N2O4S/c1-2-34-26-15-17-27(18-16-26)35(32,33)30-19-9-14-25(22-30)28(31)29(20-23-10-5-3-6-11-23)21-24-12-7-4-8-13-24/h3-8,10-13,15-18,25H,2,9,14,19-22H2,1H3/t25-/m0/s1. The molecule has 1 heterocycles. The van der Waals surface area contributed by atoms with Crippen molar-refractivity contribution < 1.29 is 17.9 Å². The summed E-state index contributed by atoms with van der Waals surface area (Å²) in [7, 11) is -3.70. The molecule has 1 atom stereocenters. The summed E-state index contributed by atoms with van der Waals surface area (Å²) >= 11 is 0. The highest BCUT2D eigenvalue weighted by atomic mass is 32.2. The fourth-order valence-electron chi connectivity index (χ4n) is 4.46. The van der Waals surface area contributed by atoms with Crippen molar-refractivity contribution in [3.63, 3.8) is 0 Å². The molecule has 0 bridgehead atoms. The number of ether oxygens (including phenoxy) is 1. The highest BCUT2D eigenvalue weighted by Gasteiger charge is 2.35. The Kier molecular flexibility index (Phi) is 8.21. The molecule has 1 fully saturated rings. The van der Waals surface area contributed by atoms with E-state index in [1.165, 1.54) is 4.31 Å². The third-order valence-corrected chi connectivity index (χ3v) is 8.13. The van der Waals surface area contributed by atoms with Crippen molar-refractivity contribution in [2.45, 2.75) is 37.8 Å². The van der Waals surface area contributed by atoms with Crippen molar-refractivity contribution >= 4 is 15.9 Å². The number of sulfonamides is 1. The largest absolute Gasteiger partial charge is 0.494 e. The summed E-state index contributed by atoms with van der Waals surface area (Å²) in [5.74, 6) is 0.244. The quantitative estimate of drug-likeness (QED) is 0.434. The van der Waals surface area contributed by atoms with E-state index in [0.29, 0.717) is 44.8 Å². The number of piperidine rings is 1. The van der Waals surface area contributed by atoms with Crippen molar-refractivity contribution in [1.82, 2.24) is 9.21 Å². The monoisotopic (exact) mass is 492 g/mol. The minimum absolute atomic E-state index is 0.00991. The van der Waals surface area contributed by atoms with Crippen LogP contribution in [0.3, 0.4) is 0 Å². The molecule has 184 valence electrons. The Balaban J connectivity index is 1.52. The molecule has 1 aliphatic rings. The van der Waals surface area contributed by atoms with Crippen molar-refractivity contribution in [3.8, 4) is 5.75 Å². The Morgan fingerprint density at radius 3 is 2.03 bits per heavy atom. The van der Waals surface area contributed by atoms with Crippen LogP contribution in [0, 0.1) is 5.92 Å². The summed E-state index contributed by atoms with van der Waals surface area (Å²) in [6, 6.07) is 26.3. The van der Waals surface area contributed by atoms with Crippen molar-refractivity contribution in [1.29, 1.82) is 0 Å². The summed E-state index contributed by atoms with van der Waals surface area (Å²) in [6.45, 7) is 3.97. The number of amides is 1. The second-order valence-electron chi connectivity index (χ2n) is 8.77. The molecule has 0 saturated carbocycles. The molecule has 0 aliphatic carbocycles. The van der Waals surface area contributed by atoms with E-state index in [1.54, 1.807) is 24.3 Å². The number of hydrogen-bond donors (Lipinski definition) is 0. The van der Waals surface area contributed by atoms with Crippen LogP contribution in [0.5, 0.6) is 5.75 Å². The molecule has 35 heavy (non-hydrogen) atoms. The lowest BCUT2D eigenvalue weighted by atomic mass is 9.97. The summed E-state index contributed by atoms with van der Waals surface area (Å²) in [6.07, 6.45) is 1.32. The minimum atomic E-state index is -3.70. The first-order chi connectivity index (χ1) is 17.0. The Bertz CT molecular complexity index is 1160. The van der Waals surface area contributed by atoms with E-state index in [4.69, 9.17) is 4.74 Å². The van der Waals surface area contributed by atoms with E-state index in [1.807, 2.05) is 72.5 Å². The van der Waals surface area contributed by atoms with Gasteiger partial charge < -0.3 is 9.64 Å². The maximum absolute atomic E-state index is 13.7. The van der Waals surface area contributed by atoms with Gasteiger partial charge in [-0.25, -0.2) is 8.42 Å². The summed E-state index contributed by atoms with van der Waals surface area (Å²) in [5, 5.41) is 0. The van der Waals surface area contributed by atoms with Crippen LogP contribution in [0.2, 0.25) is 0 Å². The molecule has 0 radical (unpaired) electrons. The molecule has 1 saturated heterocycles. The molecule has 6 nitrogen and oxygen atoms in total. The molecule has 4 rings (SSSR count). The molecule has 0 spiro atoms. The molecule has 0 N–H and O–H groups in total. The number of hydrogen-bond acceptors (Lipinski definition) is 4. The second kappa shape index (κ2) is 11.5. The van der Waals surface area contributed by atoms with Gasteiger partial charge >= 0.3 is 0 Å². The molecule has 1 amide bonds. The van der Waals surface area contributed by atoms with E-state index >= 15 is 0 Å². The highest BCUT2D eigenvalue weighted by molar-refractivity contribution is 7.89. The molecule has 7 heteroatoms. The minimum Gasteiger partial charge on any atom is -0.494 e. The van der Waals surface area contributed by atoms with Gasteiger partial charge in [-0.2, -0.15) is 4.31 Å². The number of carbonyl (C=O) groups is 1. The van der Waals surface area contributed by atoms with E-state index in [9.17, 15) is 13.2 Å². The number of nitrogens with zero attached hydrogens (tertiary/aromatic N) is 2. The Morgan fingerprint density at radius 2 is 1.49 bits per heavy atom. The molecule has 0 unspecified atom stereocenters. The second-order valence-corrected chi connectivity index (χ2v) is 10.7. The maximum atomic E-state index is 13.7. The maximum Gasteiger partial charge on any atom is 0.243 e. The Morgan fingerprint density at radius 1 is 0.914 bits per heavy atom. The van der Waals surface area contributed by atoms with Crippen LogP contribution < -0.4 is 4.74 Å².